The maximum Gasteiger partial charge on any atom is 0.158 e. The fourth-order valence-electron chi connectivity index (χ4n) is 1.47. The lowest BCUT2D eigenvalue weighted by Crippen LogP contribution is -2.21. The van der Waals surface area contributed by atoms with Crippen LogP contribution in [0.1, 0.15) is 24.1 Å². The summed E-state index contributed by atoms with van der Waals surface area (Å²) < 4.78 is 24.8. The fraction of sp³-hybridized carbons (Fsp3) is 0.600. The molecule has 0 aromatic carbocycles. The first-order valence-electron chi connectivity index (χ1n) is 4.92. The number of hydrogen-bond donors (Lipinski definition) is 0. The molecule has 1 unspecified atom stereocenters. The van der Waals surface area contributed by atoms with Crippen LogP contribution in [0.5, 0.6) is 0 Å². The minimum atomic E-state index is -0.212. The second-order valence-electron chi connectivity index (χ2n) is 3.43. The first kappa shape index (κ1) is 11.5. The number of halogens is 2. The van der Waals surface area contributed by atoms with Crippen molar-refractivity contribution in [3.05, 3.63) is 20.5 Å². The van der Waals surface area contributed by atoms with Crippen LogP contribution in [0.2, 0.25) is 0 Å². The zero-order chi connectivity index (χ0) is 10.7. The van der Waals surface area contributed by atoms with E-state index in [9.17, 15) is 4.39 Å². The van der Waals surface area contributed by atoms with E-state index in [-0.39, 0.29) is 12.1 Å². The van der Waals surface area contributed by atoms with Crippen LogP contribution in [0.25, 0.3) is 0 Å². The smallest absolute Gasteiger partial charge is 0.158 e. The molecule has 0 saturated carbocycles. The van der Waals surface area contributed by atoms with E-state index in [1.54, 1.807) is 5.38 Å². The van der Waals surface area contributed by atoms with Gasteiger partial charge in [0.05, 0.1) is 16.0 Å². The van der Waals surface area contributed by atoms with E-state index < -0.39 is 0 Å². The van der Waals surface area contributed by atoms with E-state index in [0.717, 1.165) is 25.9 Å². The molecular formula is C10H12BrFO2S. The van der Waals surface area contributed by atoms with Gasteiger partial charge in [-0.3, -0.25) is 0 Å². The van der Waals surface area contributed by atoms with Crippen molar-refractivity contribution in [2.24, 2.45) is 0 Å². The van der Waals surface area contributed by atoms with Crippen molar-refractivity contribution < 1.29 is 13.9 Å². The second kappa shape index (κ2) is 5.39. The molecule has 1 saturated heterocycles. The predicted octanol–water partition coefficient (Wildman–Crippen LogP) is 3.69. The number of thiophene rings is 1. The Labute approximate surface area is 101 Å². The number of ether oxygens (including phenoxy) is 2. The van der Waals surface area contributed by atoms with Gasteiger partial charge < -0.3 is 9.47 Å². The van der Waals surface area contributed by atoms with E-state index in [4.69, 9.17) is 9.47 Å². The molecule has 0 N–H and O–H groups in total. The highest BCUT2D eigenvalue weighted by molar-refractivity contribution is 9.10. The SMILES string of the molecule is Fc1c(Br)csc1COC1CCCCO1. The first-order chi connectivity index (χ1) is 7.27. The second-order valence-corrected chi connectivity index (χ2v) is 5.25. The summed E-state index contributed by atoms with van der Waals surface area (Å²) in [4.78, 5) is 0.621. The van der Waals surface area contributed by atoms with E-state index in [1.165, 1.54) is 11.3 Å². The molecule has 0 radical (unpaired) electrons. The summed E-state index contributed by atoms with van der Waals surface area (Å²) in [5.74, 6) is -0.212. The van der Waals surface area contributed by atoms with Gasteiger partial charge >= 0.3 is 0 Å². The molecule has 1 aromatic rings. The minimum absolute atomic E-state index is 0.154. The van der Waals surface area contributed by atoms with E-state index in [0.29, 0.717) is 16.0 Å². The average molecular weight is 295 g/mol. The van der Waals surface area contributed by atoms with Crippen molar-refractivity contribution in [2.45, 2.75) is 32.2 Å². The summed E-state index contributed by atoms with van der Waals surface area (Å²) in [6.07, 6.45) is 2.98. The van der Waals surface area contributed by atoms with Crippen LogP contribution < -0.4 is 0 Å². The summed E-state index contributed by atoms with van der Waals surface area (Å²) in [7, 11) is 0. The van der Waals surface area contributed by atoms with Gasteiger partial charge in [0.15, 0.2) is 12.1 Å². The van der Waals surface area contributed by atoms with Gasteiger partial charge in [-0.25, -0.2) is 4.39 Å². The maximum absolute atomic E-state index is 13.4. The Morgan fingerprint density at radius 3 is 3.07 bits per heavy atom. The molecule has 5 heteroatoms. The molecule has 2 nitrogen and oxygen atoms in total. The normalized spacial score (nSPS) is 21.9. The summed E-state index contributed by atoms with van der Waals surface area (Å²) in [6.45, 7) is 1.05. The van der Waals surface area contributed by atoms with Crippen molar-refractivity contribution in [1.82, 2.24) is 0 Å². The van der Waals surface area contributed by atoms with Crippen LogP contribution in [0.4, 0.5) is 4.39 Å². The molecule has 1 fully saturated rings. The summed E-state index contributed by atoms with van der Waals surface area (Å²) in [6, 6.07) is 0. The van der Waals surface area contributed by atoms with Crippen molar-refractivity contribution in [3.63, 3.8) is 0 Å². The summed E-state index contributed by atoms with van der Waals surface area (Å²) in [5.41, 5.74) is 0. The Hall–Kier alpha value is 0.0300. The summed E-state index contributed by atoms with van der Waals surface area (Å²) in [5, 5.41) is 1.73. The molecule has 84 valence electrons. The van der Waals surface area contributed by atoms with Gasteiger partial charge in [-0.2, -0.15) is 0 Å². The molecule has 0 amide bonds. The number of rotatable bonds is 3. The van der Waals surface area contributed by atoms with Crippen molar-refractivity contribution in [2.75, 3.05) is 6.61 Å². The third kappa shape index (κ3) is 3.00. The molecule has 2 rings (SSSR count). The molecule has 1 atom stereocenters. The molecule has 1 aliphatic heterocycles. The topological polar surface area (TPSA) is 18.5 Å². The third-order valence-corrected chi connectivity index (χ3v) is 4.11. The third-order valence-electron chi connectivity index (χ3n) is 2.30. The molecule has 15 heavy (non-hydrogen) atoms. The Morgan fingerprint density at radius 2 is 2.47 bits per heavy atom. The van der Waals surface area contributed by atoms with E-state index in [2.05, 4.69) is 15.9 Å². The Balaban J connectivity index is 1.84. The van der Waals surface area contributed by atoms with Gasteiger partial charge in [0.2, 0.25) is 0 Å². The predicted molar refractivity (Wildman–Crippen MR) is 60.4 cm³/mol. The summed E-state index contributed by atoms with van der Waals surface area (Å²) >= 11 is 4.49. The first-order valence-corrected chi connectivity index (χ1v) is 6.59. The molecular weight excluding hydrogens is 283 g/mol. The number of hydrogen-bond acceptors (Lipinski definition) is 3. The van der Waals surface area contributed by atoms with Crippen molar-refractivity contribution in [1.29, 1.82) is 0 Å². The fourth-order valence-corrected chi connectivity index (χ4v) is 2.82. The monoisotopic (exact) mass is 294 g/mol. The Morgan fingerprint density at radius 1 is 1.60 bits per heavy atom. The molecule has 1 aromatic heterocycles. The lowest BCUT2D eigenvalue weighted by atomic mass is 10.2. The van der Waals surface area contributed by atoms with Crippen LogP contribution >= 0.6 is 27.3 Å². The van der Waals surface area contributed by atoms with Gasteiger partial charge in [0, 0.05) is 12.0 Å². The molecule has 0 aliphatic carbocycles. The zero-order valence-corrected chi connectivity index (χ0v) is 10.6. The van der Waals surface area contributed by atoms with Crippen LogP contribution in [0.3, 0.4) is 0 Å². The highest BCUT2D eigenvalue weighted by atomic mass is 79.9. The maximum atomic E-state index is 13.4. The van der Waals surface area contributed by atoms with Crippen LogP contribution in [0, 0.1) is 5.82 Å². The van der Waals surface area contributed by atoms with Crippen molar-refractivity contribution in [3.8, 4) is 0 Å². The standard InChI is InChI=1S/C10H12BrFO2S/c11-7-6-15-8(10(7)12)5-14-9-3-1-2-4-13-9/h6,9H,1-5H2. The lowest BCUT2D eigenvalue weighted by Gasteiger charge is -2.22. The average Bonchev–Trinajstić information content (AvgIpc) is 2.59. The molecule has 0 spiro atoms. The zero-order valence-electron chi connectivity index (χ0n) is 8.17. The van der Waals surface area contributed by atoms with Gasteiger partial charge in [-0.05, 0) is 35.2 Å². The molecule has 2 heterocycles. The quantitative estimate of drug-likeness (QED) is 0.846. The lowest BCUT2D eigenvalue weighted by molar-refractivity contribution is -0.168. The Bertz CT molecular complexity index is 323. The molecule has 1 aliphatic rings. The van der Waals surface area contributed by atoms with Gasteiger partial charge in [0.25, 0.3) is 0 Å². The van der Waals surface area contributed by atoms with Gasteiger partial charge in [-0.1, -0.05) is 0 Å². The van der Waals surface area contributed by atoms with Crippen LogP contribution in [-0.4, -0.2) is 12.9 Å². The molecule has 0 bridgehead atoms. The minimum Gasteiger partial charge on any atom is -0.353 e. The van der Waals surface area contributed by atoms with Gasteiger partial charge in [-0.15, -0.1) is 11.3 Å². The van der Waals surface area contributed by atoms with Crippen LogP contribution in [0.15, 0.2) is 9.85 Å². The van der Waals surface area contributed by atoms with Crippen LogP contribution in [-0.2, 0) is 16.1 Å². The van der Waals surface area contributed by atoms with E-state index in [1.807, 2.05) is 0 Å². The highest BCUT2D eigenvalue weighted by Crippen LogP contribution is 2.27. The Kier molecular flexibility index (Phi) is 4.13. The van der Waals surface area contributed by atoms with Crippen molar-refractivity contribution >= 4 is 27.3 Å². The largest absolute Gasteiger partial charge is 0.353 e. The van der Waals surface area contributed by atoms with Gasteiger partial charge in [0.1, 0.15) is 0 Å². The van der Waals surface area contributed by atoms with E-state index >= 15 is 0 Å². The highest BCUT2D eigenvalue weighted by Gasteiger charge is 2.16.